The van der Waals surface area contributed by atoms with Gasteiger partial charge in [0.2, 0.25) is 5.91 Å². The van der Waals surface area contributed by atoms with E-state index in [4.69, 9.17) is 0 Å². The molecule has 0 fully saturated rings. The zero-order valence-electron chi connectivity index (χ0n) is 10.8. The van der Waals surface area contributed by atoms with Crippen LogP contribution in [0, 0.1) is 6.92 Å². The maximum Gasteiger partial charge on any atom is 0.238 e. The van der Waals surface area contributed by atoms with E-state index in [-0.39, 0.29) is 5.91 Å². The third-order valence-corrected chi connectivity index (χ3v) is 2.82. The molecular weight excluding hydrogens is 224 g/mol. The van der Waals surface area contributed by atoms with E-state index in [2.05, 4.69) is 35.8 Å². The Balaban J connectivity index is 2.15. The first-order valence-electron chi connectivity index (χ1n) is 6.20. The molecule has 0 aliphatic carbocycles. The number of fused-ring (bicyclic) bond motifs is 1. The quantitative estimate of drug-likeness (QED) is 0.865. The zero-order chi connectivity index (χ0) is 13.0. The highest BCUT2D eigenvalue weighted by atomic mass is 16.1. The molecule has 94 valence electrons. The predicted octanol–water partition coefficient (Wildman–Crippen LogP) is 2.70. The maximum absolute atomic E-state index is 11.6. The van der Waals surface area contributed by atoms with E-state index in [1.807, 2.05) is 25.1 Å². The van der Waals surface area contributed by atoms with E-state index in [0.29, 0.717) is 6.54 Å². The number of amides is 1. The lowest BCUT2D eigenvalue weighted by Crippen LogP contribution is -2.27. The molecule has 0 bridgehead atoms. The fourth-order valence-electron chi connectivity index (χ4n) is 1.89. The lowest BCUT2D eigenvalue weighted by molar-refractivity contribution is -0.115. The van der Waals surface area contributed by atoms with Crippen LogP contribution in [0.2, 0.25) is 0 Å². The zero-order valence-corrected chi connectivity index (χ0v) is 10.8. The molecule has 0 aliphatic rings. The van der Waals surface area contributed by atoms with Gasteiger partial charge in [0.15, 0.2) is 0 Å². The van der Waals surface area contributed by atoms with Crippen molar-refractivity contribution in [1.82, 2.24) is 5.32 Å². The maximum atomic E-state index is 11.6. The second-order valence-corrected chi connectivity index (χ2v) is 4.39. The molecule has 0 aliphatic heterocycles. The summed E-state index contributed by atoms with van der Waals surface area (Å²) in [5.41, 5.74) is 2.08. The standard InChI is InChI=1S/C15H18N2O/c1-3-16-10-15(18)17-14-7-6-12-8-11(2)4-5-13(12)9-14/h4-9,16H,3,10H2,1-2H3,(H,17,18). The van der Waals surface area contributed by atoms with Crippen molar-refractivity contribution in [2.45, 2.75) is 13.8 Å². The summed E-state index contributed by atoms with van der Waals surface area (Å²) >= 11 is 0. The van der Waals surface area contributed by atoms with E-state index in [0.717, 1.165) is 17.6 Å². The monoisotopic (exact) mass is 242 g/mol. The number of rotatable bonds is 4. The highest BCUT2D eigenvalue weighted by Crippen LogP contribution is 2.20. The van der Waals surface area contributed by atoms with Crippen molar-refractivity contribution in [3.05, 3.63) is 42.0 Å². The summed E-state index contributed by atoms with van der Waals surface area (Å²) in [4.78, 5) is 11.6. The summed E-state index contributed by atoms with van der Waals surface area (Å²) in [6.07, 6.45) is 0. The Hall–Kier alpha value is -1.87. The summed E-state index contributed by atoms with van der Waals surface area (Å²) in [6, 6.07) is 12.3. The van der Waals surface area contributed by atoms with Crippen LogP contribution in [0.3, 0.4) is 0 Å². The first-order chi connectivity index (χ1) is 8.69. The van der Waals surface area contributed by atoms with Crippen LogP contribution in [0.15, 0.2) is 36.4 Å². The van der Waals surface area contributed by atoms with Crippen LogP contribution in [-0.2, 0) is 4.79 Å². The Bertz CT molecular complexity index is 563. The first kappa shape index (κ1) is 12.6. The van der Waals surface area contributed by atoms with E-state index in [9.17, 15) is 4.79 Å². The van der Waals surface area contributed by atoms with E-state index < -0.39 is 0 Å². The summed E-state index contributed by atoms with van der Waals surface area (Å²) in [6.45, 7) is 5.20. The smallest absolute Gasteiger partial charge is 0.238 e. The number of anilines is 1. The number of likely N-dealkylation sites (N-methyl/N-ethyl adjacent to an activating group) is 1. The van der Waals surface area contributed by atoms with Gasteiger partial charge in [0.1, 0.15) is 0 Å². The Morgan fingerprint density at radius 2 is 1.83 bits per heavy atom. The van der Waals surface area contributed by atoms with Crippen LogP contribution in [0.4, 0.5) is 5.69 Å². The van der Waals surface area contributed by atoms with Gasteiger partial charge in [-0.25, -0.2) is 0 Å². The number of carbonyl (C=O) groups excluding carboxylic acids is 1. The number of benzene rings is 2. The first-order valence-corrected chi connectivity index (χ1v) is 6.20. The van der Waals surface area contributed by atoms with Crippen LogP contribution in [-0.4, -0.2) is 19.0 Å². The fourth-order valence-corrected chi connectivity index (χ4v) is 1.89. The Morgan fingerprint density at radius 1 is 1.11 bits per heavy atom. The average molecular weight is 242 g/mol. The van der Waals surface area contributed by atoms with Gasteiger partial charge in [0.05, 0.1) is 6.54 Å². The van der Waals surface area contributed by atoms with E-state index in [1.54, 1.807) is 0 Å². The molecule has 2 aromatic rings. The third kappa shape index (κ3) is 3.08. The molecule has 2 N–H and O–H groups in total. The van der Waals surface area contributed by atoms with Crippen LogP contribution < -0.4 is 10.6 Å². The molecule has 0 atom stereocenters. The molecular formula is C15H18N2O. The van der Waals surface area contributed by atoms with Crippen LogP contribution in [0.5, 0.6) is 0 Å². The molecule has 0 heterocycles. The third-order valence-electron chi connectivity index (χ3n) is 2.82. The lowest BCUT2D eigenvalue weighted by atomic mass is 10.1. The number of hydrogen-bond acceptors (Lipinski definition) is 2. The molecule has 0 saturated carbocycles. The van der Waals surface area contributed by atoms with Gasteiger partial charge < -0.3 is 10.6 Å². The minimum atomic E-state index is -0.0108. The predicted molar refractivity (Wildman–Crippen MR) is 75.9 cm³/mol. The van der Waals surface area contributed by atoms with Crippen molar-refractivity contribution in [3.8, 4) is 0 Å². The van der Waals surface area contributed by atoms with Gasteiger partial charge in [-0.1, -0.05) is 36.8 Å². The Morgan fingerprint density at radius 3 is 2.61 bits per heavy atom. The second kappa shape index (κ2) is 5.65. The van der Waals surface area contributed by atoms with Gasteiger partial charge in [0, 0.05) is 5.69 Å². The molecule has 0 unspecified atom stereocenters. The van der Waals surface area contributed by atoms with Gasteiger partial charge in [-0.15, -0.1) is 0 Å². The largest absolute Gasteiger partial charge is 0.325 e. The van der Waals surface area contributed by atoms with Gasteiger partial charge in [-0.3, -0.25) is 4.79 Å². The van der Waals surface area contributed by atoms with Crippen molar-refractivity contribution < 1.29 is 4.79 Å². The number of hydrogen-bond donors (Lipinski definition) is 2. The molecule has 18 heavy (non-hydrogen) atoms. The lowest BCUT2D eigenvalue weighted by Gasteiger charge is -2.07. The summed E-state index contributed by atoms with van der Waals surface area (Å²) in [5.74, 6) is -0.0108. The van der Waals surface area contributed by atoms with E-state index >= 15 is 0 Å². The SMILES string of the molecule is CCNCC(=O)Nc1ccc2cc(C)ccc2c1. The van der Waals surface area contributed by atoms with Gasteiger partial charge >= 0.3 is 0 Å². The van der Waals surface area contributed by atoms with Crippen LogP contribution >= 0.6 is 0 Å². The highest BCUT2D eigenvalue weighted by Gasteiger charge is 2.02. The Kier molecular flexibility index (Phi) is 3.95. The molecule has 0 aromatic heterocycles. The average Bonchev–Trinajstić information content (AvgIpc) is 2.36. The van der Waals surface area contributed by atoms with Crippen LogP contribution in [0.1, 0.15) is 12.5 Å². The number of nitrogens with one attached hydrogen (secondary N) is 2. The number of aryl methyl sites for hydroxylation is 1. The van der Waals surface area contributed by atoms with Crippen molar-refractivity contribution in [2.75, 3.05) is 18.4 Å². The molecule has 0 saturated heterocycles. The molecule has 3 heteroatoms. The minimum Gasteiger partial charge on any atom is -0.325 e. The topological polar surface area (TPSA) is 41.1 Å². The Labute approximate surface area is 107 Å². The normalized spacial score (nSPS) is 10.6. The van der Waals surface area contributed by atoms with Gasteiger partial charge in [-0.2, -0.15) is 0 Å². The molecule has 2 rings (SSSR count). The second-order valence-electron chi connectivity index (χ2n) is 4.39. The minimum absolute atomic E-state index is 0.0108. The van der Waals surface area contributed by atoms with Crippen molar-refractivity contribution in [3.63, 3.8) is 0 Å². The molecule has 0 radical (unpaired) electrons. The van der Waals surface area contributed by atoms with Crippen molar-refractivity contribution in [1.29, 1.82) is 0 Å². The van der Waals surface area contributed by atoms with Gasteiger partial charge in [-0.05, 0) is 36.4 Å². The summed E-state index contributed by atoms with van der Waals surface area (Å²) in [7, 11) is 0. The van der Waals surface area contributed by atoms with Gasteiger partial charge in [0.25, 0.3) is 0 Å². The van der Waals surface area contributed by atoms with Crippen LogP contribution in [0.25, 0.3) is 10.8 Å². The number of carbonyl (C=O) groups is 1. The van der Waals surface area contributed by atoms with Crippen molar-refractivity contribution >= 4 is 22.4 Å². The molecule has 2 aromatic carbocycles. The summed E-state index contributed by atoms with van der Waals surface area (Å²) in [5, 5.41) is 8.22. The highest BCUT2D eigenvalue weighted by molar-refractivity contribution is 5.95. The van der Waals surface area contributed by atoms with Crippen molar-refractivity contribution in [2.24, 2.45) is 0 Å². The summed E-state index contributed by atoms with van der Waals surface area (Å²) < 4.78 is 0. The molecule has 1 amide bonds. The fraction of sp³-hybridized carbons (Fsp3) is 0.267. The molecule has 0 spiro atoms. The molecule has 3 nitrogen and oxygen atoms in total. The van der Waals surface area contributed by atoms with E-state index in [1.165, 1.54) is 10.9 Å².